The van der Waals surface area contributed by atoms with E-state index in [1.807, 2.05) is 60.7 Å². The number of hydrogen-bond donors (Lipinski definition) is 4. The maximum Gasteiger partial charge on any atom is 0.186 e. The fourth-order valence-electron chi connectivity index (χ4n) is 3.95. The van der Waals surface area contributed by atoms with Crippen LogP contribution < -0.4 is 0 Å². The van der Waals surface area contributed by atoms with E-state index in [-0.39, 0.29) is 19.8 Å². The Labute approximate surface area is 192 Å². The van der Waals surface area contributed by atoms with Gasteiger partial charge in [-0.2, -0.15) is 0 Å². The minimum absolute atomic E-state index is 0.0890. The minimum atomic E-state index is -1.32. The number of ether oxygens (including phenoxy) is 5. The first kappa shape index (κ1) is 24.2. The zero-order valence-corrected chi connectivity index (χ0v) is 18.1. The molecule has 2 saturated heterocycles. The van der Waals surface area contributed by atoms with Crippen LogP contribution in [0.2, 0.25) is 0 Å². The molecule has 0 aromatic heterocycles. The quantitative estimate of drug-likeness (QED) is 0.395. The molecule has 8 atom stereocenters. The number of hydrogen-bond acceptors (Lipinski definition) is 9. The molecular formula is C24H30O9. The lowest BCUT2D eigenvalue weighted by Crippen LogP contribution is -2.40. The molecule has 0 amide bonds. The second-order valence-corrected chi connectivity index (χ2v) is 8.13. The van der Waals surface area contributed by atoms with Crippen molar-refractivity contribution in [2.24, 2.45) is 0 Å². The molecule has 0 unspecified atom stereocenters. The van der Waals surface area contributed by atoms with Crippen LogP contribution >= 0.6 is 0 Å². The molecule has 0 radical (unpaired) electrons. The summed E-state index contributed by atoms with van der Waals surface area (Å²) >= 11 is 0. The fourth-order valence-corrected chi connectivity index (χ4v) is 3.95. The molecular weight excluding hydrogens is 432 g/mol. The molecule has 9 nitrogen and oxygen atoms in total. The van der Waals surface area contributed by atoms with Gasteiger partial charge in [-0.05, 0) is 11.1 Å². The Morgan fingerprint density at radius 1 is 0.667 bits per heavy atom. The summed E-state index contributed by atoms with van der Waals surface area (Å²) < 4.78 is 28.7. The Morgan fingerprint density at radius 2 is 1.24 bits per heavy atom. The van der Waals surface area contributed by atoms with Crippen molar-refractivity contribution in [1.29, 1.82) is 0 Å². The Bertz CT molecular complexity index is 836. The van der Waals surface area contributed by atoms with Gasteiger partial charge in [0.15, 0.2) is 12.6 Å². The van der Waals surface area contributed by atoms with Gasteiger partial charge < -0.3 is 44.1 Å². The highest BCUT2D eigenvalue weighted by molar-refractivity contribution is 5.14. The first-order chi connectivity index (χ1) is 16.1. The van der Waals surface area contributed by atoms with Gasteiger partial charge in [-0.15, -0.1) is 0 Å². The van der Waals surface area contributed by atoms with Crippen molar-refractivity contribution < 1.29 is 44.1 Å². The first-order valence-electron chi connectivity index (χ1n) is 11.0. The molecule has 0 spiro atoms. The Hall–Kier alpha value is -1.92. The van der Waals surface area contributed by atoms with Gasteiger partial charge in [-0.3, -0.25) is 0 Å². The van der Waals surface area contributed by atoms with Crippen LogP contribution in [0.25, 0.3) is 0 Å². The van der Waals surface area contributed by atoms with Crippen molar-refractivity contribution in [3.63, 3.8) is 0 Å². The van der Waals surface area contributed by atoms with E-state index >= 15 is 0 Å². The highest BCUT2D eigenvalue weighted by Crippen LogP contribution is 2.29. The normalized spacial score (nSPS) is 34.1. The van der Waals surface area contributed by atoms with Crippen molar-refractivity contribution in [2.45, 2.75) is 62.4 Å². The Balaban J connectivity index is 1.41. The predicted octanol–water partition coefficient (Wildman–Crippen LogP) is 0.330. The molecule has 33 heavy (non-hydrogen) atoms. The highest BCUT2D eigenvalue weighted by atomic mass is 16.7. The Morgan fingerprint density at radius 3 is 1.79 bits per heavy atom. The van der Waals surface area contributed by atoms with Crippen LogP contribution in [-0.2, 0) is 36.9 Å². The van der Waals surface area contributed by atoms with Gasteiger partial charge in [0.05, 0.1) is 26.4 Å². The van der Waals surface area contributed by atoms with Gasteiger partial charge in [0.2, 0.25) is 0 Å². The van der Waals surface area contributed by atoms with Crippen LogP contribution in [0.1, 0.15) is 11.1 Å². The maximum absolute atomic E-state index is 10.5. The summed E-state index contributed by atoms with van der Waals surface area (Å²) in [6, 6.07) is 19.1. The summed E-state index contributed by atoms with van der Waals surface area (Å²) in [5.41, 5.74) is 1.89. The van der Waals surface area contributed by atoms with Gasteiger partial charge in [0.1, 0.15) is 36.6 Å². The molecule has 2 aliphatic rings. The monoisotopic (exact) mass is 462 g/mol. The van der Waals surface area contributed by atoms with Gasteiger partial charge in [-0.1, -0.05) is 60.7 Å². The third-order valence-corrected chi connectivity index (χ3v) is 5.78. The van der Waals surface area contributed by atoms with Crippen LogP contribution in [-0.4, -0.2) is 82.8 Å². The summed E-state index contributed by atoms with van der Waals surface area (Å²) in [7, 11) is 0. The molecule has 4 rings (SSSR count). The van der Waals surface area contributed by atoms with E-state index in [1.165, 1.54) is 0 Å². The standard InChI is InChI=1S/C24H30O9/c25-11-17-19(26)20(27)24(33-17)31-14-18-21(29-12-15-7-3-1-4-8-15)22(23(28)32-18)30-13-16-9-5-2-6-10-16/h1-10,17-28H,11-14H2/t17-,18-,19-,20+,21-,22+,23+,24+/m0/s1. The molecule has 2 aromatic rings. The molecule has 9 heteroatoms. The second kappa shape index (κ2) is 11.5. The molecule has 2 fully saturated rings. The summed E-state index contributed by atoms with van der Waals surface area (Å²) in [6.45, 7) is -0.0000885. The van der Waals surface area contributed by atoms with E-state index in [2.05, 4.69) is 0 Å². The van der Waals surface area contributed by atoms with Crippen LogP contribution in [0.4, 0.5) is 0 Å². The summed E-state index contributed by atoms with van der Waals surface area (Å²) in [4.78, 5) is 0. The van der Waals surface area contributed by atoms with E-state index in [4.69, 9.17) is 23.7 Å². The van der Waals surface area contributed by atoms with Crippen molar-refractivity contribution in [1.82, 2.24) is 0 Å². The van der Waals surface area contributed by atoms with E-state index < -0.39 is 55.8 Å². The smallest absolute Gasteiger partial charge is 0.186 e. The van der Waals surface area contributed by atoms with Gasteiger partial charge in [-0.25, -0.2) is 0 Å². The first-order valence-corrected chi connectivity index (χ1v) is 11.0. The average Bonchev–Trinajstić information content (AvgIpc) is 3.30. The SMILES string of the molecule is OC[C@@H]1O[C@@H](OC[C@@H]2O[C@@H](O)[C@H](OCc3ccccc3)[C@H]2OCc2ccccc2)[C@H](O)[C@H]1O. The molecule has 180 valence electrons. The van der Waals surface area contributed by atoms with Crippen LogP contribution in [0.3, 0.4) is 0 Å². The van der Waals surface area contributed by atoms with Crippen molar-refractivity contribution in [3.8, 4) is 0 Å². The highest BCUT2D eigenvalue weighted by Gasteiger charge is 2.48. The predicted molar refractivity (Wildman–Crippen MR) is 115 cm³/mol. The fraction of sp³-hybridized carbons (Fsp3) is 0.500. The third kappa shape index (κ3) is 5.96. The zero-order chi connectivity index (χ0) is 23.2. The zero-order valence-electron chi connectivity index (χ0n) is 18.1. The third-order valence-electron chi connectivity index (χ3n) is 5.78. The van der Waals surface area contributed by atoms with Gasteiger partial charge >= 0.3 is 0 Å². The molecule has 2 aliphatic heterocycles. The second-order valence-electron chi connectivity index (χ2n) is 8.13. The lowest BCUT2D eigenvalue weighted by molar-refractivity contribution is -0.200. The minimum Gasteiger partial charge on any atom is -0.394 e. The van der Waals surface area contributed by atoms with E-state index in [0.717, 1.165) is 11.1 Å². The molecule has 2 heterocycles. The van der Waals surface area contributed by atoms with Gasteiger partial charge in [0, 0.05) is 0 Å². The van der Waals surface area contributed by atoms with Crippen LogP contribution in [0.5, 0.6) is 0 Å². The molecule has 4 N–H and O–H groups in total. The number of benzene rings is 2. The van der Waals surface area contributed by atoms with E-state index in [1.54, 1.807) is 0 Å². The molecule has 0 aliphatic carbocycles. The topological polar surface area (TPSA) is 127 Å². The van der Waals surface area contributed by atoms with Crippen molar-refractivity contribution in [3.05, 3.63) is 71.8 Å². The largest absolute Gasteiger partial charge is 0.394 e. The molecule has 0 bridgehead atoms. The lowest BCUT2D eigenvalue weighted by atomic mass is 10.1. The van der Waals surface area contributed by atoms with Crippen LogP contribution in [0, 0.1) is 0 Å². The average molecular weight is 462 g/mol. The van der Waals surface area contributed by atoms with Gasteiger partial charge in [0.25, 0.3) is 0 Å². The van der Waals surface area contributed by atoms with Crippen molar-refractivity contribution in [2.75, 3.05) is 13.2 Å². The lowest BCUT2D eigenvalue weighted by Gasteiger charge is -2.25. The summed E-state index contributed by atoms with van der Waals surface area (Å²) in [6.07, 6.45) is -8.05. The number of rotatable bonds is 10. The number of aliphatic hydroxyl groups excluding tert-OH is 4. The van der Waals surface area contributed by atoms with Crippen molar-refractivity contribution >= 4 is 0 Å². The Kier molecular flexibility index (Phi) is 8.42. The summed E-state index contributed by atoms with van der Waals surface area (Å²) in [5.74, 6) is 0. The maximum atomic E-state index is 10.5. The molecule has 2 aromatic carbocycles. The van der Waals surface area contributed by atoms with Crippen LogP contribution in [0.15, 0.2) is 60.7 Å². The molecule has 0 saturated carbocycles. The summed E-state index contributed by atoms with van der Waals surface area (Å²) in [5, 5.41) is 39.8. The van der Waals surface area contributed by atoms with E-state index in [9.17, 15) is 20.4 Å². The number of aliphatic hydroxyl groups is 4. The van der Waals surface area contributed by atoms with E-state index in [0.29, 0.717) is 0 Å².